The van der Waals surface area contributed by atoms with Crippen LogP contribution in [0.1, 0.15) is 37.2 Å². The predicted molar refractivity (Wildman–Crippen MR) is 89.6 cm³/mol. The number of nitrogens with one attached hydrogen (secondary N) is 3. The maximum atomic E-state index is 12.6. The number of hydrogen-bond acceptors (Lipinski definition) is 5. The van der Waals surface area contributed by atoms with Crippen molar-refractivity contribution < 1.29 is 0 Å². The van der Waals surface area contributed by atoms with E-state index in [9.17, 15) is 4.79 Å². The van der Waals surface area contributed by atoms with Crippen LogP contribution in [0.2, 0.25) is 0 Å². The number of rotatable bonds is 2. The van der Waals surface area contributed by atoms with E-state index in [2.05, 4.69) is 20.5 Å². The summed E-state index contributed by atoms with van der Waals surface area (Å²) in [7, 11) is 0. The lowest BCUT2D eigenvalue weighted by atomic mass is 9.87. The number of aryl methyl sites for hydroxylation is 1. The lowest BCUT2D eigenvalue weighted by Crippen LogP contribution is -2.36. The third-order valence-electron chi connectivity index (χ3n) is 5.25. The zero-order valence-electron chi connectivity index (χ0n) is 12.8. The SMILES string of the molecule is Cc1[nH]ncc1-c1cc2nc(C34CCC(CC3)N4)[nH]c(=O)c2s1. The van der Waals surface area contributed by atoms with Gasteiger partial charge in [0.2, 0.25) is 0 Å². The van der Waals surface area contributed by atoms with Gasteiger partial charge in [0.1, 0.15) is 10.5 Å². The van der Waals surface area contributed by atoms with Gasteiger partial charge in [0.25, 0.3) is 5.56 Å². The first-order valence-electron chi connectivity index (χ1n) is 7.97. The fourth-order valence-electron chi connectivity index (χ4n) is 3.99. The van der Waals surface area contributed by atoms with Crippen molar-refractivity contribution in [2.45, 2.75) is 44.2 Å². The molecular weight excluding hydrogens is 310 g/mol. The van der Waals surface area contributed by atoms with Gasteiger partial charge >= 0.3 is 0 Å². The van der Waals surface area contributed by atoms with Crippen LogP contribution in [-0.2, 0) is 5.54 Å². The first-order chi connectivity index (χ1) is 11.1. The van der Waals surface area contributed by atoms with Crippen LogP contribution in [0.25, 0.3) is 20.7 Å². The molecule has 0 saturated carbocycles. The van der Waals surface area contributed by atoms with E-state index < -0.39 is 0 Å². The molecule has 0 spiro atoms. The van der Waals surface area contributed by atoms with E-state index in [0.717, 1.165) is 40.3 Å². The van der Waals surface area contributed by atoms with Crippen molar-refractivity contribution in [2.75, 3.05) is 0 Å². The average molecular weight is 327 g/mol. The van der Waals surface area contributed by atoms with Gasteiger partial charge in [0.05, 0.1) is 17.3 Å². The second-order valence-electron chi connectivity index (χ2n) is 6.65. The number of aromatic nitrogens is 4. The second-order valence-corrected chi connectivity index (χ2v) is 7.70. The Morgan fingerprint density at radius 2 is 2.17 bits per heavy atom. The number of aromatic amines is 2. The summed E-state index contributed by atoms with van der Waals surface area (Å²) < 4.78 is 0.688. The minimum absolute atomic E-state index is 0.0334. The zero-order chi connectivity index (χ0) is 15.6. The van der Waals surface area contributed by atoms with Crippen LogP contribution >= 0.6 is 11.3 Å². The predicted octanol–water partition coefficient (Wildman–Crippen LogP) is 2.42. The molecule has 0 amide bonds. The molecular formula is C16H17N5OS. The number of H-pyrrole nitrogens is 2. The average Bonchev–Trinajstić information content (AvgIpc) is 3.29. The van der Waals surface area contributed by atoms with E-state index >= 15 is 0 Å². The standard InChI is InChI=1S/C16H17N5OS/c1-8-10(7-17-21-8)12-6-11-13(23-12)14(22)19-15(18-11)16-4-2-9(20-16)3-5-16/h6-7,9,20H,2-5H2,1H3,(H,17,21)(H,18,19,22). The smallest absolute Gasteiger partial charge is 0.268 e. The minimum Gasteiger partial charge on any atom is -0.308 e. The molecule has 0 radical (unpaired) electrons. The van der Waals surface area contributed by atoms with Gasteiger partial charge < -0.3 is 10.3 Å². The van der Waals surface area contributed by atoms with Crippen molar-refractivity contribution in [1.82, 2.24) is 25.5 Å². The summed E-state index contributed by atoms with van der Waals surface area (Å²) in [5.74, 6) is 0.809. The number of nitrogens with zero attached hydrogens (tertiary/aromatic N) is 2. The fraction of sp³-hybridized carbons (Fsp3) is 0.438. The molecule has 118 valence electrons. The molecule has 2 fully saturated rings. The van der Waals surface area contributed by atoms with Crippen LogP contribution < -0.4 is 10.9 Å². The van der Waals surface area contributed by atoms with Gasteiger partial charge in [0.15, 0.2) is 0 Å². The quantitative estimate of drug-likeness (QED) is 0.675. The highest BCUT2D eigenvalue weighted by Crippen LogP contribution is 2.43. The van der Waals surface area contributed by atoms with Crippen molar-refractivity contribution in [3.8, 4) is 10.4 Å². The Morgan fingerprint density at radius 3 is 2.83 bits per heavy atom. The third kappa shape index (κ3) is 1.86. The fourth-order valence-corrected chi connectivity index (χ4v) is 5.05. The van der Waals surface area contributed by atoms with Crippen molar-refractivity contribution in [2.24, 2.45) is 0 Å². The summed E-state index contributed by atoms with van der Waals surface area (Å²) in [4.78, 5) is 21.4. The molecule has 3 aromatic rings. The molecule has 3 aromatic heterocycles. The van der Waals surface area contributed by atoms with E-state index in [1.54, 1.807) is 6.20 Å². The summed E-state index contributed by atoms with van der Waals surface area (Å²) in [6, 6.07) is 2.59. The Bertz CT molecular complexity index is 960. The number of fused-ring (bicyclic) bond motifs is 3. The van der Waals surface area contributed by atoms with E-state index in [1.807, 2.05) is 13.0 Å². The highest BCUT2D eigenvalue weighted by Gasteiger charge is 2.47. The van der Waals surface area contributed by atoms with Crippen LogP contribution in [0.5, 0.6) is 0 Å². The number of hydrogen-bond donors (Lipinski definition) is 3. The monoisotopic (exact) mass is 327 g/mol. The van der Waals surface area contributed by atoms with Crippen molar-refractivity contribution >= 4 is 21.6 Å². The van der Waals surface area contributed by atoms with Gasteiger partial charge in [-0.3, -0.25) is 9.89 Å². The van der Waals surface area contributed by atoms with E-state index in [4.69, 9.17) is 4.98 Å². The van der Waals surface area contributed by atoms with Gasteiger partial charge in [-0.25, -0.2) is 4.98 Å². The summed E-state index contributed by atoms with van der Waals surface area (Å²) in [6.07, 6.45) is 6.26. The molecule has 2 aliphatic rings. The molecule has 0 atom stereocenters. The Balaban J connectivity index is 1.68. The van der Waals surface area contributed by atoms with Crippen LogP contribution in [-0.4, -0.2) is 26.2 Å². The summed E-state index contributed by atoms with van der Waals surface area (Å²) in [5, 5.41) is 10.7. The molecule has 0 aromatic carbocycles. The first kappa shape index (κ1) is 13.4. The molecule has 23 heavy (non-hydrogen) atoms. The summed E-state index contributed by atoms with van der Waals surface area (Å²) in [5.41, 5.74) is 2.67. The van der Waals surface area contributed by atoms with Crippen LogP contribution in [0.4, 0.5) is 0 Å². The van der Waals surface area contributed by atoms with Gasteiger partial charge in [-0.15, -0.1) is 11.3 Å². The van der Waals surface area contributed by atoms with Crippen molar-refractivity contribution in [3.63, 3.8) is 0 Å². The lowest BCUT2D eigenvalue weighted by Gasteiger charge is -2.24. The highest BCUT2D eigenvalue weighted by atomic mass is 32.1. The molecule has 0 unspecified atom stereocenters. The maximum Gasteiger partial charge on any atom is 0.268 e. The molecule has 6 nitrogen and oxygen atoms in total. The van der Waals surface area contributed by atoms with E-state index in [-0.39, 0.29) is 11.1 Å². The third-order valence-corrected chi connectivity index (χ3v) is 6.41. The van der Waals surface area contributed by atoms with E-state index in [1.165, 1.54) is 24.2 Å². The Hall–Kier alpha value is -1.99. The van der Waals surface area contributed by atoms with Gasteiger partial charge in [0, 0.05) is 22.2 Å². The lowest BCUT2D eigenvalue weighted by molar-refractivity contribution is 0.377. The second kappa shape index (κ2) is 4.52. The molecule has 2 bridgehead atoms. The largest absolute Gasteiger partial charge is 0.308 e. The molecule has 2 aliphatic heterocycles. The normalized spacial score (nSPS) is 26.4. The van der Waals surface area contributed by atoms with Crippen LogP contribution in [0.3, 0.4) is 0 Å². The van der Waals surface area contributed by atoms with E-state index in [0.29, 0.717) is 10.7 Å². The molecule has 7 heteroatoms. The molecule has 2 saturated heterocycles. The molecule has 0 aliphatic carbocycles. The first-order valence-corrected chi connectivity index (χ1v) is 8.79. The minimum atomic E-state index is -0.119. The Labute approximate surface area is 136 Å². The van der Waals surface area contributed by atoms with Gasteiger partial charge in [-0.05, 0) is 38.7 Å². The topological polar surface area (TPSA) is 86.5 Å². The van der Waals surface area contributed by atoms with Crippen molar-refractivity contribution in [1.29, 1.82) is 0 Å². The maximum absolute atomic E-state index is 12.6. The molecule has 5 heterocycles. The Kier molecular flexibility index (Phi) is 2.64. The summed E-state index contributed by atoms with van der Waals surface area (Å²) in [6.45, 7) is 1.98. The van der Waals surface area contributed by atoms with Crippen molar-refractivity contribution in [3.05, 3.63) is 34.1 Å². The number of thiophene rings is 1. The van der Waals surface area contributed by atoms with Gasteiger partial charge in [-0.2, -0.15) is 5.10 Å². The van der Waals surface area contributed by atoms with Crippen LogP contribution in [0.15, 0.2) is 17.1 Å². The summed E-state index contributed by atoms with van der Waals surface area (Å²) >= 11 is 1.48. The zero-order valence-corrected chi connectivity index (χ0v) is 13.6. The molecule has 5 rings (SSSR count). The van der Waals surface area contributed by atoms with Gasteiger partial charge in [-0.1, -0.05) is 0 Å². The highest BCUT2D eigenvalue weighted by molar-refractivity contribution is 7.22. The Morgan fingerprint density at radius 1 is 1.35 bits per heavy atom. The molecule has 3 N–H and O–H groups in total. The van der Waals surface area contributed by atoms with Crippen LogP contribution in [0, 0.1) is 6.92 Å².